The van der Waals surface area contributed by atoms with Gasteiger partial charge in [0, 0.05) is 30.9 Å². The van der Waals surface area contributed by atoms with Crippen LogP contribution >= 0.6 is 0 Å². The van der Waals surface area contributed by atoms with E-state index in [2.05, 4.69) is 5.32 Å². The van der Waals surface area contributed by atoms with Crippen LogP contribution in [0.1, 0.15) is 27.8 Å². The first-order chi connectivity index (χ1) is 17.4. The minimum Gasteiger partial charge on any atom is -0.342 e. The Labute approximate surface area is 211 Å². The van der Waals surface area contributed by atoms with E-state index in [1.165, 1.54) is 0 Å². The lowest BCUT2D eigenvalue weighted by atomic mass is 9.92. The summed E-state index contributed by atoms with van der Waals surface area (Å²) in [5, 5.41) is 2.91. The fraction of sp³-hybridized carbons (Fsp3) is 0.200. The lowest BCUT2D eigenvalue weighted by Crippen LogP contribution is -2.50. The molecule has 0 aliphatic carbocycles. The van der Waals surface area contributed by atoms with Crippen LogP contribution in [0.5, 0.6) is 0 Å². The lowest BCUT2D eigenvalue weighted by Gasteiger charge is -2.29. The van der Waals surface area contributed by atoms with Gasteiger partial charge in [-0.25, -0.2) is 4.79 Å². The van der Waals surface area contributed by atoms with Crippen molar-refractivity contribution >= 4 is 35.2 Å². The Balaban J connectivity index is 1.55. The molecule has 0 spiro atoms. The van der Waals surface area contributed by atoms with Gasteiger partial charge in [0.2, 0.25) is 11.8 Å². The monoisotopic (exact) mass is 479 g/mol. The number of hydrogen-bond donors (Lipinski definition) is 1. The van der Waals surface area contributed by atoms with Crippen LogP contribution < -0.4 is 10.2 Å². The van der Waals surface area contributed by atoms with Crippen molar-refractivity contribution in [2.75, 3.05) is 18.5 Å². The highest BCUT2D eigenvalue weighted by Crippen LogP contribution is 2.32. The van der Waals surface area contributed by atoms with E-state index in [0.29, 0.717) is 12.1 Å². The summed E-state index contributed by atoms with van der Waals surface area (Å²) < 4.78 is 0. The average Bonchev–Trinajstić information content (AvgIpc) is 2.90. The van der Waals surface area contributed by atoms with E-state index in [1.807, 2.05) is 98.7 Å². The number of fused-ring (bicyclic) bond motifs is 1. The first kappa shape index (κ1) is 24.7. The zero-order chi connectivity index (χ0) is 25.7. The van der Waals surface area contributed by atoms with Crippen molar-refractivity contribution in [2.45, 2.75) is 26.3 Å². The van der Waals surface area contributed by atoms with Gasteiger partial charge in [0.05, 0.1) is 0 Å². The Morgan fingerprint density at radius 3 is 2.25 bits per heavy atom. The summed E-state index contributed by atoms with van der Waals surface area (Å²) in [6.45, 7) is 3.80. The van der Waals surface area contributed by atoms with E-state index in [1.54, 1.807) is 23.0 Å². The van der Waals surface area contributed by atoms with Crippen molar-refractivity contribution in [1.29, 1.82) is 0 Å². The Hall–Kier alpha value is -4.41. The Bertz CT molecular complexity index is 1340. The Morgan fingerprint density at radius 2 is 1.58 bits per heavy atom. The van der Waals surface area contributed by atoms with Gasteiger partial charge in [-0.2, -0.15) is 0 Å². The molecule has 1 aliphatic heterocycles. The van der Waals surface area contributed by atoms with Crippen LogP contribution in [0.4, 0.5) is 5.69 Å². The summed E-state index contributed by atoms with van der Waals surface area (Å²) in [5.74, 6) is 1.44. The third-order valence-corrected chi connectivity index (χ3v) is 6.42. The maximum Gasteiger partial charge on any atom is 0.249 e. The molecule has 0 radical (unpaired) electrons. The van der Waals surface area contributed by atoms with Crippen LogP contribution in [0.15, 0.2) is 79.0 Å². The normalized spacial score (nSPS) is 13.0. The zero-order valence-electron chi connectivity index (χ0n) is 20.7. The molecule has 0 saturated carbocycles. The molecule has 3 aromatic rings. The summed E-state index contributed by atoms with van der Waals surface area (Å²) in [6.07, 6.45) is 3.97. The van der Waals surface area contributed by atoms with Gasteiger partial charge < -0.3 is 15.1 Å². The van der Waals surface area contributed by atoms with Crippen LogP contribution in [0.3, 0.4) is 0 Å². The molecular formula is C30H29N3O3. The molecule has 0 bridgehead atoms. The number of carbonyl (C=O) groups is 2. The fourth-order valence-corrected chi connectivity index (χ4v) is 4.44. The van der Waals surface area contributed by atoms with Gasteiger partial charge in [-0.15, -0.1) is 0 Å². The standard InChI is InChI=1S/C30H29N3O3/c1-21-14-15-22(2)29-25(21)16-17-33(27(29)20-34)19-28(35)31-26(18-23-10-6-4-7-11-23)30(36)32(3)24-12-8-5-9-13-24/h4-17,26H,18-19H2,1-3H3,(H,31,35)/t26-/m0/s1. The summed E-state index contributed by atoms with van der Waals surface area (Å²) in [6, 6.07) is 22.1. The van der Waals surface area contributed by atoms with Crippen molar-refractivity contribution in [3.05, 3.63) is 107 Å². The number of benzene rings is 3. The molecule has 0 fully saturated rings. The molecular weight excluding hydrogens is 450 g/mol. The number of nitrogens with one attached hydrogen (secondary N) is 1. The number of nitrogens with zero attached hydrogens (tertiary/aromatic N) is 2. The van der Waals surface area contributed by atoms with Gasteiger partial charge in [0.25, 0.3) is 0 Å². The quantitative estimate of drug-likeness (QED) is 0.517. The lowest BCUT2D eigenvalue weighted by molar-refractivity contribution is -0.127. The van der Waals surface area contributed by atoms with Crippen LogP contribution in [-0.4, -0.2) is 42.3 Å². The molecule has 1 atom stereocenters. The molecule has 36 heavy (non-hydrogen) atoms. The van der Waals surface area contributed by atoms with Gasteiger partial charge in [-0.05, 0) is 54.3 Å². The van der Waals surface area contributed by atoms with E-state index in [0.717, 1.165) is 33.5 Å². The molecule has 182 valence electrons. The van der Waals surface area contributed by atoms with Gasteiger partial charge in [0.15, 0.2) is 5.94 Å². The zero-order valence-corrected chi connectivity index (χ0v) is 20.7. The van der Waals surface area contributed by atoms with Crippen molar-refractivity contribution in [3.63, 3.8) is 0 Å². The maximum atomic E-state index is 13.5. The smallest absolute Gasteiger partial charge is 0.249 e. The molecule has 1 heterocycles. The van der Waals surface area contributed by atoms with Gasteiger partial charge >= 0.3 is 0 Å². The van der Waals surface area contributed by atoms with Crippen LogP contribution in [0.2, 0.25) is 0 Å². The maximum absolute atomic E-state index is 13.5. The minimum absolute atomic E-state index is 0.110. The molecule has 2 amide bonds. The molecule has 0 aromatic heterocycles. The Morgan fingerprint density at radius 1 is 0.944 bits per heavy atom. The number of aryl methyl sites for hydroxylation is 2. The molecule has 4 rings (SSSR count). The molecule has 0 unspecified atom stereocenters. The van der Waals surface area contributed by atoms with E-state index < -0.39 is 6.04 Å². The fourth-order valence-electron chi connectivity index (χ4n) is 4.44. The Kier molecular flexibility index (Phi) is 7.47. The van der Waals surface area contributed by atoms with Crippen LogP contribution in [0.25, 0.3) is 11.8 Å². The van der Waals surface area contributed by atoms with Crippen molar-refractivity contribution in [3.8, 4) is 0 Å². The predicted molar refractivity (Wildman–Crippen MR) is 143 cm³/mol. The predicted octanol–water partition coefficient (Wildman–Crippen LogP) is 4.15. The molecule has 1 N–H and O–H groups in total. The third-order valence-electron chi connectivity index (χ3n) is 6.42. The number of hydrogen-bond acceptors (Lipinski definition) is 4. The third kappa shape index (κ3) is 5.29. The highest BCUT2D eigenvalue weighted by atomic mass is 16.2. The molecule has 0 saturated heterocycles. The second kappa shape index (κ2) is 10.9. The number of rotatable bonds is 7. The first-order valence-corrected chi connectivity index (χ1v) is 11.9. The summed E-state index contributed by atoms with van der Waals surface area (Å²) in [4.78, 5) is 41.8. The number of para-hydroxylation sites is 1. The largest absolute Gasteiger partial charge is 0.342 e. The molecule has 6 nitrogen and oxygen atoms in total. The number of carbonyl (C=O) groups excluding carboxylic acids is 3. The number of likely N-dealkylation sites (N-methyl/N-ethyl adjacent to an activating group) is 1. The number of amides is 2. The second-order valence-corrected chi connectivity index (χ2v) is 8.92. The number of anilines is 1. The van der Waals surface area contributed by atoms with Gasteiger partial charge in [0.1, 0.15) is 18.3 Å². The first-order valence-electron chi connectivity index (χ1n) is 11.9. The van der Waals surface area contributed by atoms with Gasteiger partial charge in [-0.1, -0.05) is 60.7 Å². The van der Waals surface area contributed by atoms with Crippen molar-refractivity contribution in [2.24, 2.45) is 0 Å². The molecule has 1 aliphatic rings. The molecule has 3 aromatic carbocycles. The van der Waals surface area contributed by atoms with E-state index in [9.17, 15) is 14.4 Å². The van der Waals surface area contributed by atoms with Crippen LogP contribution in [0, 0.1) is 13.8 Å². The van der Waals surface area contributed by atoms with E-state index in [-0.39, 0.29) is 18.4 Å². The highest BCUT2D eigenvalue weighted by molar-refractivity contribution is 6.00. The SMILES string of the molecule is Cc1ccc(C)c2c1C=CN(CC(=O)N[C@@H](Cc1ccccc1)C(=O)N(C)c1ccccc1)C2=C=O. The summed E-state index contributed by atoms with van der Waals surface area (Å²) >= 11 is 0. The second-order valence-electron chi connectivity index (χ2n) is 8.92. The van der Waals surface area contributed by atoms with E-state index in [4.69, 9.17) is 0 Å². The summed E-state index contributed by atoms with van der Waals surface area (Å²) in [7, 11) is 1.70. The topological polar surface area (TPSA) is 69.7 Å². The van der Waals surface area contributed by atoms with Crippen LogP contribution in [-0.2, 0) is 20.8 Å². The van der Waals surface area contributed by atoms with Gasteiger partial charge in [-0.3, -0.25) is 9.59 Å². The minimum atomic E-state index is -0.779. The van der Waals surface area contributed by atoms with Crippen molar-refractivity contribution in [1.82, 2.24) is 10.2 Å². The summed E-state index contributed by atoms with van der Waals surface area (Å²) in [5.41, 5.74) is 5.70. The van der Waals surface area contributed by atoms with E-state index >= 15 is 0 Å². The van der Waals surface area contributed by atoms with Crippen molar-refractivity contribution < 1.29 is 14.4 Å². The highest BCUT2D eigenvalue weighted by Gasteiger charge is 2.28. The average molecular weight is 480 g/mol. The molecule has 6 heteroatoms.